The van der Waals surface area contributed by atoms with Gasteiger partial charge in [0.25, 0.3) is 5.91 Å². The Morgan fingerprint density at radius 3 is 2.37 bits per heavy atom. The van der Waals surface area contributed by atoms with Gasteiger partial charge in [-0.1, -0.05) is 32.9 Å². The highest BCUT2D eigenvalue weighted by Gasteiger charge is 2.34. The summed E-state index contributed by atoms with van der Waals surface area (Å²) in [5.41, 5.74) is 1.74. The largest absolute Gasteiger partial charge is 0.481 e. The summed E-state index contributed by atoms with van der Waals surface area (Å²) in [6.07, 6.45) is 1.46. The lowest BCUT2D eigenvalue weighted by Gasteiger charge is -2.37. The van der Waals surface area contributed by atoms with E-state index in [0.717, 1.165) is 5.56 Å². The van der Waals surface area contributed by atoms with Crippen molar-refractivity contribution in [1.82, 2.24) is 10.2 Å². The SMILES string of the molecule is C[C@@H]1[C@H](C(=O)O)CCCN1C(=O)CCNC(=O)c1ccc(C(C)(C)C)cc1. The average Bonchev–Trinajstić information content (AvgIpc) is 2.60. The lowest BCUT2D eigenvalue weighted by atomic mass is 9.87. The van der Waals surface area contributed by atoms with E-state index in [0.29, 0.717) is 24.9 Å². The second kappa shape index (κ2) is 8.55. The van der Waals surface area contributed by atoms with Gasteiger partial charge < -0.3 is 15.3 Å². The minimum atomic E-state index is -0.855. The number of carboxylic acids is 1. The first-order valence-electron chi connectivity index (χ1n) is 9.52. The number of carbonyl (C=O) groups excluding carboxylic acids is 2. The molecule has 1 aliphatic heterocycles. The van der Waals surface area contributed by atoms with E-state index in [1.807, 2.05) is 12.1 Å². The molecule has 2 N–H and O–H groups in total. The maximum atomic E-state index is 12.4. The average molecular weight is 374 g/mol. The molecule has 2 atom stereocenters. The molecule has 0 aliphatic carbocycles. The Balaban J connectivity index is 1.85. The van der Waals surface area contributed by atoms with Gasteiger partial charge in [0.2, 0.25) is 5.91 Å². The first-order valence-corrected chi connectivity index (χ1v) is 9.52. The van der Waals surface area contributed by atoms with Gasteiger partial charge in [0.15, 0.2) is 0 Å². The van der Waals surface area contributed by atoms with E-state index in [1.165, 1.54) is 0 Å². The fraction of sp³-hybridized carbons (Fsp3) is 0.571. The monoisotopic (exact) mass is 374 g/mol. The molecule has 6 nitrogen and oxygen atoms in total. The molecule has 0 unspecified atom stereocenters. The molecule has 2 amide bonds. The van der Waals surface area contributed by atoms with Gasteiger partial charge in [0.05, 0.1) is 5.92 Å². The van der Waals surface area contributed by atoms with E-state index in [-0.39, 0.29) is 36.2 Å². The zero-order valence-electron chi connectivity index (χ0n) is 16.6. The fourth-order valence-electron chi connectivity index (χ4n) is 3.48. The van der Waals surface area contributed by atoms with Crippen LogP contribution in [-0.4, -0.2) is 46.9 Å². The number of aliphatic carboxylic acids is 1. The van der Waals surface area contributed by atoms with Gasteiger partial charge in [-0.05, 0) is 42.9 Å². The van der Waals surface area contributed by atoms with E-state index < -0.39 is 11.9 Å². The molecule has 0 aromatic heterocycles. The van der Waals surface area contributed by atoms with Crippen molar-refractivity contribution in [3.8, 4) is 0 Å². The maximum absolute atomic E-state index is 12.4. The first kappa shape index (κ1) is 20.9. The molecule has 1 fully saturated rings. The number of hydrogen-bond donors (Lipinski definition) is 2. The molecular formula is C21H30N2O4. The number of nitrogens with zero attached hydrogens (tertiary/aromatic N) is 1. The van der Waals surface area contributed by atoms with Crippen LogP contribution in [0, 0.1) is 5.92 Å². The van der Waals surface area contributed by atoms with Crippen LogP contribution in [0.2, 0.25) is 0 Å². The smallest absolute Gasteiger partial charge is 0.308 e. The summed E-state index contributed by atoms with van der Waals surface area (Å²) in [7, 11) is 0. The molecule has 1 saturated heterocycles. The first-order chi connectivity index (χ1) is 12.6. The Morgan fingerprint density at radius 1 is 1.19 bits per heavy atom. The van der Waals surface area contributed by atoms with Gasteiger partial charge in [0, 0.05) is 31.1 Å². The third-order valence-corrected chi connectivity index (χ3v) is 5.26. The summed E-state index contributed by atoms with van der Waals surface area (Å²) in [5.74, 6) is -1.69. The molecule has 0 radical (unpaired) electrons. The molecule has 27 heavy (non-hydrogen) atoms. The van der Waals surface area contributed by atoms with Crippen LogP contribution in [0.4, 0.5) is 0 Å². The summed E-state index contributed by atoms with van der Waals surface area (Å²) in [6.45, 7) is 8.94. The summed E-state index contributed by atoms with van der Waals surface area (Å²) in [5, 5.41) is 12.0. The van der Waals surface area contributed by atoms with Gasteiger partial charge >= 0.3 is 5.97 Å². The minimum Gasteiger partial charge on any atom is -0.481 e. The van der Waals surface area contributed by atoms with Crippen molar-refractivity contribution in [2.75, 3.05) is 13.1 Å². The quantitative estimate of drug-likeness (QED) is 0.830. The van der Waals surface area contributed by atoms with Gasteiger partial charge in [-0.2, -0.15) is 0 Å². The number of nitrogens with one attached hydrogen (secondary N) is 1. The topological polar surface area (TPSA) is 86.7 Å². The Labute approximate surface area is 160 Å². The minimum absolute atomic E-state index is 0.0281. The predicted octanol–water partition coefficient (Wildman–Crippen LogP) is 2.82. The Bertz CT molecular complexity index is 691. The van der Waals surface area contributed by atoms with Crippen molar-refractivity contribution >= 4 is 17.8 Å². The number of rotatable bonds is 5. The molecule has 1 aromatic rings. The zero-order valence-corrected chi connectivity index (χ0v) is 16.6. The lowest BCUT2D eigenvalue weighted by molar-refractivity contribution is -0.149. The van der Waals surface area contributed by atoms with E-state index in [9.17, 15) is 19.5 Å². The molecular weight excluding hydrogens is 344 g/mol. The Morgan fingerprint density at radius 2 is 1.81 bits per heavy atom. The van der Waals surface area contributed by atoms with E-state index in [1.54, 1.807) is 24.0 Å². The maximum Gasteiger partial charge on any atom is 0.308 e. The highest BCUT2D eigenvalue weighted by Crippen LogP contribution is 2.24. The van der Waals surface area contributed by atoms with Gasteiger partial charge in [-0.15, -0.1) is 0 Å². The summed E-state index contributed by atoms with van der Waals surface area (Å²) in [6, 6.07) is 7.16. The molecule has 1 aliphatic rings. The Kier molecular flexibility index (Phi) is 6.63. The molecule has 0 bridgehead atoms. The third-order valence-electron chi connectivity index (χ3n) is 5.26. The van der Waals surface area contributed by atoms with Crippen molar-refractivity contribution in [2.24, 2.45) is 5.92 Å². The molecule has 1 aromatic carbocycles. The zero-order chi connectivity index (χ0) is 20.2. The van der Waals surface area contributed by atoms with Crippen LogP contribution in [-0.2, 0) is 15.0 Å². The highest BCUT2D eigenvalue weighted by molar-refractivity contribution is 5.94. The van der Waals surface area contributed by atoms with Crippen LogP contribution >= 0.6 is 0 Å². The molecule has 2 rings (SSSR count). The summed E-state index contributed by atoms with van der Waals surface area (Å²) >= 11 is 0. The molecule has 6 heteroatoms. The van der Waals surface area contributed by atoms with Crippen LogP contribution < -0.4 is 5.32 Å². The van der Waals surface area contributed by atoms with E-state index >= 15 is 0 Å². The van der Waals surface area contributed by atoms with Crippen molar-refractivity contribution in [1.29, 1.82) is 0 Å². The summed E-state index contributed by atoms with van der Waals surface area (Å²) < 4.78 is 0. The van der Waals surface area contributed by atoms with Crippen LogP contribution in [0.25, 0.3) is 0 Å². The van der Waals surface area contributed by atoms with Crippen LogP contribution in [0.1, 0.15) is 62.9 Å². The molecule has 148 valence electrons. The second-order valence-corrected chi connectivity index (χ2v) is 8.25. The van der Waals surface area contributed by atoms with E-state index in [4.69, 9.17) is 0 Å². The van der Waals surface area contributed by atoms with Crippen LogP contribution in [0.5, 0.6) is 0 Å². The second-order valence-electron chi connectivity index (χ2n) is 8.25. The highest BCUT2D eigenvalue weighted by atomic mass is 16.4. The van der Waals surface area contributed by atoms with Crippen molar-refractivity contribution in [3.63, 3.8) is 0 Å². The van der Waals surface area contributed by atoms with Gasteiger partial charge in [-0.25, -0.2) is 0 Å². The van der Waals surface area contributed by atoms with Crippen molar-refractivity contribution in [3.05, 3.63) is 35.4 Å². The van der Waals surface area contributed by atoms with Crippen molar-refractivity contribution in [2.45, 2.75) is 58.4 Å². The van der Waals surface area contributed by atoms with E-state index in [2.05, 4.69) is 26.1 Å². The number of benzene rings is 1. The summed E-state index contributed by atoms with van der Waals surface area (Å²) in [4.78, 5) is 37.6. The number of piperidine rings is 1. The van der Waals surface area contributed by atoms with Crippen LogP contribution in [0.15, 0.2) is 24.3 Å². The standard InChI is InChI=1S/C21H30N2O4/c1-14-17(20(26)27)6-5-13-23(14)18(24)11-12-22-19(25)15-7-9-16(10-8-15)21(2,3)4/h7-10,14,17H,5-6,11-13H2,1-4H3,(H,22,25)(H,26,27)/t14-,17-/m1/s1. The molecule has 0 spiro atoms. The van der Waals surface area contributed by atoms with Crippen LogP contribution in [0.3, 0.4) is 0 Å². The number of likely N-dealkylation sites (tertiary alicyclic amines) is 1. The molecule has 1 heterocycles. The number of carboxylic acid groups (broad SMARTS) is 1. The fourth-order valence-corrected chi connectivity index (χ4v) is 3.48. The predicted molar refractivity (Wildman–Crippen MR) is 104 cm³/mol. The number of carbonyl (C=O) groups is 3. The van der Waals surface area contributed by atoms with Gasteiger partial charge in [-0.3, -0.25) is 14.4 Å². The van der Waals surface area contributed by atoms with Gasteiger partial charge in [0.1, 0.15) is 0 Å². The molecule has 0 saturated carbocycles. The normalized spacial score (nSPS) is 20.2. The number of hydrogen-bond acceptors (Lipinski definition) is 3. The number of amides is 2. The third kappa shape index (κ3) is 5.31. The van der Waals surface area contributed by atoms with Crippen molar-refractivity contribution < 1.29 is 19.5 Å². The lowest BCUT2D eigenvalue weighted by Crippen LogP contribution is -2.49. The Hall–Kier alpha value is -2.37.